The normalized spacial score (nSPS) is 12.2. The van der Waals surface area contributed by atoms with Gasteiger partial charge in [0, 0.05) is 29.2 Å². The van der Waals surface area contributed by atoms with Crippen molar-refractivity contribution >= 4 is 16.9 Å². The summed E-state index contributed by atoms with van der Waals surface area (Å²) in [6.07, 6.45) is 1.91. The number of aliphatic carboxylic acids is 1. The summed E-state index contributed by atoms with van der Waals surface area (Å²) in [5.74, 6) is -0.420. The molecule has 0 bridgehead atoms. The summed E-state index contributed by atoms with van der Waals surface area (Å²) < 4.78 is 5.47. The van der Waals surface area contributed by atoms with Gasteiger partial charge in [-0.2, -0.15) is 0 Å². The van der Waals surface area contributed by atoms with Crippen LogP contribution in [-0.4, -0.2) is 40.9 Å². The van der Waals surface area contributed by atoms with Crippen LogP contribution in [0, 0.1) is 0 Å². The number of fused-ring (bicyclic) bond motifs is 1. The lowest BCUT2D eigenvalue weighted by Crippen LogP contribution is -2.39. The Morgan fingerprint density at radius 1 is 1.28 bits per heavy atom. The molecule has 6 heteroatoms. The quantitative estimate of drug-likeness (QED) is 0.530. The number of H-pyrrole nitrogens is 1. The number of rotatable bonds is 7. The molecule has 6 nitrogen and oxygen atoms in total. The van der Waals surface area contributed by atoms with E-state index in [-0.39, 0.29) is 6.54 Å². The Labute approximate surface area is 145 Å². The summed E-state index contributed by atoms with van der Waals surface area (Å²) in [7, 11) is 1.58. The second-order valence-corrected chi connectivity index (χ2v) is 5.73. The van der Waals surface area contributed by atoms with Crippen molar-refractivity contribution in [3.63, 3.8) is 0 Å². The summed E-state index contributed by atoms with van der Waals surface area (Å²) in [4.78, 5) is 14.2. The number of carboxylic acids is 1. The number of hydrogen-bond donors (Lipinski definition) is 4. The van der Waals surface area contributed by atoms with Crippen molar-refractivity contribution in [2.75, 3.05) is 13.7 Å². The van der Waals surface area contributed by atoms with E-state index in [1.54, 1.807) is 7.11 Å². The number of hydrogen-bond acceptors (Lipinski definition) is 4. The van der Waals surface area contributed by atoms with Crippen LogP contribution in [0.2, 0.25) is 0 Å². The van der Waals surface area contributed by atoms with Crippen LogP contribution in [0.3, 0.4) is 0 Å². The highest BCUT2D eigenvalue weighted by molar-refractivity contribution is 5.95. The largest absolute Gasteiger partial charge is 0.496 e. The van der Waals surface area contributed by atoms with Gasteiger partial charge in [0.2, 0.25) is 0 Å². The molecule has 0 aliphatic heterocycles. The van der Waals surface area contributed by atoms with E-state index in [0.29, 0.717) is 5.75 Å². The molecule has 1 heterocycles. The van der Waals surface area contributed by atoms with Crippen molar-refractivity contribution in [2.24, 2.45) is 0 Å². The molecule has 25 heavy (non-hydrogen) atoms. The topological polar surface area (TPSA) is 94.6 Å². The van der Waals surface area contributed by atoms with E-state index in [1.807, 2.05) is 42.6 Å². The molecule has 0 aliphatic carbocycles. The maximum Gasteiger partial charge on any atom is 0.323 e. The van der Waals surface area contributed by atoms with Crippen LogP contribution in [0.5, 0.6) is 5.75 Å². The van der Waals surface area contributed by atoms with Crippen LogP contribution < -0.4 is 10.1 Å². The first-order valence-corrected chi connectivity index (χ1v) is 7.94. The smallest absolute Gasteiger partial charge is 0.323 e. The minimum Gasteiger partial charge on any atom is -0.496 e. The lowest BCUT2D eigenvalue weighted by atomic mass is 9.99. The first kappa shape index (κ1) is 17.0. The van der Waals surface area contributed by atoms with Gasteiger partial charge in [0.15, 0.2) is 0 Å². The fraction of sp³-hybridized carbons (Fsp3) is 0.211. The lowest BCUT2D eigenvalue weighted by molar-refractivity contribution is -0.140. The molecule has 0 saturated heterocycles. The molecule has 0 aliphatic rings. The van der Waals surface area contributed by atoms with Crippen LogP contribution in [0.25, 0.3) is 22.0 Å². The van der Waals surface area contributed by atoms with Crippen LogP contribution in [-0.2, 0) is 11.3 Å². The SMILES string of the molecule is COc1cc(-c2cccc3[nH]ccc23)ccc1CN[C@H](CO)C(=O)O. The highest BCUT2D eigenvalue weighted by atomic mass is 16.5. The highest BCUT2D eigenvalue weighted by Gasteiger charge is 2.16. The number of ether oxygens (including phenoxy) is 1. The molecular weight excluding hydrogens is 320 g/mol. The van der Waals surface area contributed by atoms with Gasteiger partial charge in [-0.1, -0.05) is 24.3 Å². The zero-order valence-corrected chi connectivity index (χ0v) is 13.8. The molecule has 1 aromatic heterocycles. The third-order valence-corrected chi connectivity index (χ3v) is 4.21. The summed E-state index contributed by atoms with van der Waals surface area (Å²) in [6, 6.07) is 12.9. The molecule has 0 unspecified atom stereocenters. The Kier molecular flexibility index (Phi) is 5.02. The zero-order chi connectivity index (χ0) is 17.8. The highest BCUT2D eigenvalue weighted by Crippen LogP contribution is 2.32. The van der Waals surface area contributed by atoms with E-state index in [4.69, 9.17) is 14.9 Å². The van der Waals surface area contributed by atoms with Gasteiger partial charge in [-0.25, -0.2) is 0 Å². The van der Waals surface area contributed by atoms with E-state index in [9.17, 15) is 4.79 Å². The number of aliphatic hydroxyl groups is 1. The van der Waals surface area contributed by atoms with E-state index < -0.39 is 18.6 Å². The van der Waals surface area contributed by atoms with Crippen molar-refractivity contribution in [1.82, 2.24) is 10.3 Å². The predicted octanol–water partition coefficient (Wildman–Crippen LogP) is 2.38. The van der Waals surface area contributed by atoms with Gasteiger partial charge in [-0.05, 0) is 29.3 Å². The molecule has 0 spiro atoms. The second-order valence-electron chi connectivity index (χ2n) is 5.73. The second kappa shape index (κ2) is 7.38. The van der Waals surface area contributed by atoms with Crippen LogP contribution in [0.1, 0.15) is 5.56 Å². The summed E-state index contributed by atoms with van der Waals surface area (Å²) in [5.41, 5.74) is 4.00. The Hall–Kier alpha value is -2.83. The van der Waals surface area contributed by atoms with Gasteiger partial charge >= 0.3 is 5.97 Å². The molecule has 0 saturated carbocycles. The number of carbonyl (C=O) groups is 1. The first-order valence-electron chi connectivity index (χ1n) is 7.94. The molecule has 0 fully saturated rings. The number of aromatic amines is 1. The molecule has 4 N–H and O–H groups in total. The maximum atomic E-state index is 11.0. The van der Waals surface area contributed by atoms with E-state index in [2.05, 4.69) is 16.4 Å². The lowest BCUT2D eigenvalue weighted by Gasteiger charge is -2.15. The standard InChI is InChI=1S/C19H20N2O4/c1-25-18-9-12(14-3-2-4-16-15(14)7-8-20-16)5-6-13(18)10-21-17(11-22)19(23)24/h2-9,17,20-22H,10-11H2,1H3,(H,23,24)/t17-/m1/s1. The van der Waals surface area contributed by atoms with Gasteiger partial charge in [0.25, 0.3) is 0 Å². The third-order valence-electron chi connectivity index (χ3n) is 4.21. The van der Waals surface area contributed by atoms with Crippen LogP contribution in [0.4, 0.5) is 0 Å². The first-order chi connectivity index (χ1) is 12.1. The fourth-order valence-electron chi connectivity index (χ4n) is 2.86. The van der Waals surface area contributed by atoms with Crippen molar-refractivity contribution in [1.29, 1.82) is 0 Å². The van der Waals surface area contributed by atoms with Gasteiger partial charge in [0.1, 0.15) is 11.8 Å². The van der Waals surface area contributed by atoms with Gasteiger partial charge < -0.3 is 19.9 Å². The van der Waals surface area contributed by atoms with Crippen LogP contribution in [0.15, 0.2) is 48.7 Å². The molecule has 2 aromatic carbocycles. The number of benzene rings is 2. The predicted molar refractivity (Wildman–Crippen MR) is 95.6 cm³/mol. The van der Waals surface area contributed by atoms with E-state index >= 15 is 0 Å². The number of methoxy groups -OCH3 is 1. The minimum atomic E-state index is -1.09. The Morgan fingerprint density at radius 3 is 2.84 bits per heavy atom. The third kappa shape index (κ3) is 3.50. The average Bonchev–Trinajstić information content (AvgIpc) is 3.10. The van der Waals surface area contributed by atoms with Crippen molar-refractivity contribution in [3.8, 4) is 16.9 Å². The molecule has 3 aromatic rings. The van der Waals surface area contributed by atoms with E-state index in [0.717, 1.165) is 27.6 Å². The molecule has 0 amide bonds. The average molecular weight is 340 g/mol. The monoisotopic (exact) mass is 340 g/mol. The summed E-state index contributed by atoms with van der Waals surface area (Å²) in [6.45, 7) is -0.180. The summed E-state index contributed by atoms with van der Waals surface area (Å²) >= 11 is 0. The number of aromatic nitrogens is 1. The number of aliphatic hydroxyl groups excluding tert-OH is 1. The fourth-order valence-corrected chi connectivity index (χ4v) is 2.86. The molecular formula is C19H20N2O4. The number of nitrogens with one attached hydrogen (secondary N) is 2. The van der Waals surface area contributed by atoms with Gasteiger partial charge in [0.05, 0.1) is 13.7 Å². The summed E-state index contributed by atoms with van der Waals surface area (Å²) in [5, 5.41) is 22.0. The zero-order valence-electron chi connectivity index (χ0n) is 13.8. The molecule has 130 valence electrons. The molecule has 1 atom stereocenters. The van der Waals surface area contributed by atoms with Gasteiger partial charge in [-0.3, -0.25) is 10.1 Å². The maximum absolute atomic E-state index is 11.0. The Morgan fingerprint density at radius 2 is 2.12 bits per heavy atom. The Balaban J connectivity index is 1.89. The van der Waals surface area contributed by atoms with Gasteiger partial charge in [-0.15, -0.1) is 0 Å². The van der Waals surface area contributed by atoms with E-state index in [1.165, 1.54) is 0 Å². The number of carboxylic acid groups (broad SMARTS) is 1. The minimum absolute atomic E-state index is 0.287. The van der Waals surface area contributed by atoms with Crippen molar-refractivity contribution in [2.45, 2.75) is 12.6 Å². The van der Waals surface area contributed by atoms with Crippen molar-refractivity contribution in [3.05, 3.63) is 54.2 Å². The molecule has 0 radical (unpaired) electrons. The Bertz CT molecular complexity index is 888. The van der Waals surface area contributed by atoms with Crippen molar-refractivity contribution < 1.29 is 19.7 Å². The molecule has 3 rings (SSSR count). The van der Waals surface area contributed by atoms with Crippen LogP contribution >= 0.6 is 0 Å².